The van der Waals surface area contributed by atoms with E-state index in [4.69, 9.17) is 5.11 Å². The fraction of sp³-hybridized carbons (Fsp3) is 0.250. The van der Waals surface area contributed by atoms with Crippen molar-refractivity contribution in [3.8, 4) is 0 Å². The van der Waals surface area contributed by atoms with E-state index in [1.54, 1.807) is 24.5 Å². The lowest BCUT2D eigenvalue weighted by atomic mass is 10.0. The number of nitrogens with one attached hydrogen (secondary N) is 2. The number of carbonyl (C=O) groups excluding carboxylic acids is 1. The first-order chi connectivity index (χ1) is 10.3. The third-order valence-electron chi connectivity index (χ3n) is 3.08. The lowest BCUT2D eigenvalue weighted by Gasteiger charge is -2.19. The van der Waals surface area contributed by atoms with Crippen LogP contribution in [0.3, 0.4) is 0 Å². The van der Waals surface area contributed by atoms with E-state index in [0.717, 1.165) is 5.56 Å². The van der Waals surface area contributed by atoms with Gasteiger partial charge in [0.15, 0.2) is 0 Å². The highest BCUT2D eigenvalue weighted by molar-refractivity contribution is 5.89. The molecule has 2 aromatic rings. The molecule has 0 aliphatic heterocycles. The van der Waals surface area contributed by atoms with Gasteiger partial charge in [0.05, 0.1) is 17.9 Å². The summed E-state index contributed by atoms with van der Waals surface area (Å²) in [4.78, 5) is 16.0. The molecule has 0 aliphatic carbocycles. The van der Waals surface area contributed by atoms with E-state index in [-0.39, 0.29) is 18.7 Å². The Labute approximate surface area is 124 Å². The van der Waals surface area contributed by atoms with Crippen LogP contribution in [0.25, 0.3) is 0 Å². The normalized spacial score (nSPS) is 11.7. The van der Waals surface area contributed by atoms with Crippen molar-refractivity contribution in [3.63, 3.8) is 0 Å². The van der Waals surface area contributed by atoms with Crippen molar-refractivity contribution in [3.05, 3.63) is 60.4 Å². The second-order valence-electron chi connectivity index (χ2n) is 4.67. The summed E-state index contributed by atoms with van der Waals surface area (Å²) in [5, 5.41) is 14.7. The highest BCUT2D eigenvalue weighted by Gasteiger charge is 2.14. The molecule has 1 aromatic carbocycles. The Morgan fingerprint density at radius 1 is 1.19 bits per heavy atom. The molecule has 1 heterocycles. The molecule has 0 radical (unpaired) electrons. The molecule has 0 saturated heterocycles. The van der Waals surface area contributed by atoms with Crippen molar-refractivity contribution in [2.75, 3.05) is 11.9 Å². The molecule has 0 saturated carbocycles. The fourth-order valence-corrected chi connectivity index (χ4v) is 2.07. The van der Waals surface area contributed by atoms with Gasteiger partial charge in [-0.05, 0) is 30.5 Å². The monoisotopic (exact) mass is 285 g/mol. The molecule has 3 N–H and O–H groups in total. The number of hydrogen-bond donors (Lipinski definition) is 3. The van der Waals surface area contributed by atoms with Gasteiger partial charge >= 0.3 is 6.03 Å². The largest absolute Gasteiger partial charge is 0.396 e. The van der Waals surface area contributed by atoms with Gasteiger partial charge in [0.25, 0.3) is 0 Å². The van der Waals surface area contributed by atoms with E-state index in [9.17, 15) is 4.79 Å². The summed E-state index contributed by atoms with van der Waals surface area (Å²) in [6, 6.07) is 12.9. The Balaban J connectivity index is 1.99. The van der Waals surface area contributed by atoms with Gasteiger partial charge in [-0.1, -0.05) is 30.3 Å². The number of pyridine rings is 1. The number of carbonyl (C=O) groups is 1. The Hall–Kier alpha value is -2.40. The summed E-state index contributed by atoms with van der Waals surface area (Å²) in [7, 11) is 0. The minimum atomic E-state index is -0.283. The molecule has 2 amide bonds. The van der Waals surface area contributed by atoms with E-state index < -0.39 is 0 Å². The molecule has 110 valence electrons. The highest BCUT2D eigenvalue weighted by Crippen LogP contribution is 2.18. The lowest BCUT2D eigenvalue weighted by Crippen LogP contribution is -2.32. The van der Waals surface area contributed by atoms with Gasteiger partial charge in [-0.15, -0.1) is 0 Å². The van der Waals surface area contributed by atoms with Gasteiger partial charge in [0.2, 0.25) is 0 Å². The molecule has 0 bridgehead atoms. The molecule has 0 aliphatic rings. The van der Waals surface area contributed by atoms with Crippen LogP contribution in [0.2, 0.25) is 0 Å². The second kappa shape index (κ2) is 8.01. The standard InChI is InChI=1S/C16H19N3O2/c20-11-5-9-15(13-6-2-1-3-7-13)19-16(21)18-14-8-4-10-17-12-14/h1-4,6-8,10,12,15,20H,5,9,11H2,(H2,18,19,21)/t15-/m0/s1. The van der Waals surface area contributed by atoms with E-state index in [0.29, 0.717) is 18.5 Å². The molecule has 0 spiro atoms. The number of nitrogens with zero attached hydrogens (tertiary/aromatic N) is 1. The maximum atomic E-state index is 12.0. The Bertz CT molecular complexity index is 546. The highest BCUT2D eigenvalue weighted by atomic mass is 16.3. The van der Waals surface area contributed by atoms with Crippen molar-refractivity contribution in [1.29, 1.82) is 0 Å². The summed E-state index contributed by atoms with van der Waals surface area (Å²) in [5.41, 5.74) is 1.66. The molecule has 1 aromatic heterocycles. The molecule has 2 rings (SSSR count). The van der Waals surface area contributed by atoms with Crippen molar-refractivity contribution >= 4 is 11.7 Å². The van der Waals surface area contributed by atoms with Crippen LogP contribution < -0.4 is 10.6 Å². The number of amides is 2. The van der Waals surface area contributed by atoms with Crippen molar-refractivity contribution in [1.82, 2.24) is 10.3 Å². The van der Waals surface area contributed by atoms with E-state index in [1.807, 2.05) is 30.3 Å². The van der Waals surface area contributed by atoms with Crippen LogP contribution >= 0.6 is 0 Å². The van der Waals surface area contributed by atoms with E-state index >= 15 is 0 Å². The summed E-state index contributed by atoms with van der Waals surface area (Å²) in [6.07, 6.45) is 4.55. The van der Waals surface area contributed by atoms with Crippen LogP contribution in [-0.4, -0.2) is 22.7 Å². The second-order valence-corrected chi connectivity index (χ2v) is 4.67. The van der Waals surface area contributed by atoms with Gasteiger partial charge in [-0.3, -0.25) is 4.98 Å². The van der Waals surface area contributed by atoms with Crippen LogP contribution in [0, 0.1) is 0 Å². The first-order valence-corrected chi connectivity index (χ1v) is 6.93. The maximum Gasteiger partial charge on any atom is 0.319 e. The summed E-state index contributed by atoms with van der Waals surface area (Å²) < 4.78 is 0. The minimum absolute atomic E-state index is 0.106. The van der Waals surface area contributed by atoms with Crippen LogP contribution in [-0.2, 0) is 0 Å². The van der Waals surface area contributed by atoms with Gasteiger partial charge in [-0.2, -0.15) is 0 Å². The minimum Gasteiger partial charge on any atom is -0.396 e. The first kappa shape index (κ1) is 15.0. The van der Waals surface area contributed by atoms with E-state index in [2.05, 4.69) is 15.6 Å². The maximum absolute atomic E-state index is 12.0. The number of urea groups is 1. The topological polar surface area (TPSA) is 74.2 Å². The quantitative estimate of drug-likeness (QED) is 0.764. The zero-order valence-corrected chi connectivity index (χ0v) is 11.7. The van der Waals surface area contributed by atoms with Crippen LogP contribution in [0.5, 0.6) is 0 Å². The SMILES string of the molecule is O=C(Nc1cccnc1)N[C@@H](CCCO)c1ccccc1. The molecule has 0 unspecified atom stereocenters. The van der Waals surface area contributed by atoms with Gasteiger partial charge in [0.1, 0.15) is 0 Å². The predicted octanol–water partition coefficient (Wildman–Crippen LogP) is 2.72. The Morgan fingerprint density at radius 2 is 2.00 bits per heavy atom. The first-order valence-electron chi connectivity index (χ1n) is 6.93. The van der Waals surface area contributed by atoms with Crippen LogP contribution in [0.1, 0.15) is 24.4 Å². The number of benzene rings is 1. The molecule has 5 nitrogen and oxygen atoms in total. The molecule has 1 atom stereocenters. The molecular formula is C16H19N3O2. The number of anilines is 1. The number of rotatable bonds is 6. The average Bonchev–Trinajstić information content (AvgIpc) is 2.53. The summed E-state index contributed by atoms with van der Waals surface area (Å²) in [5.74, 6) is 0. The predicted molar refractivity (Wildman–Crippen MR) is 81.9 cm³/mol. The van der Waals surface area contributed by atoms with Gasteiger partial charge in [-0.25, -0.2) is 4.79 Å². The number of aliphatic hydroxyl groups is 1. The molecule has 5 heteroatoms. The lowest BCUT2D eigenvalue weighted by molar-refractivity contribution is 0.244. The number of aliphatic hydroxyl groups excluding tert-OH is 1. The Kier molecular flexibility index (Phi) is 5.72. The third-order valence-corrected chi connectivity index (χ3v) is 3.08. The van der Waals surface area contributed by atoms with Crippen LogP contribution in [0.4, 0.5) is 10.5 Å². The van der Waals surface area contributed by atoms with Gasteiger partial charge in [0, 0.05) is 12.8 Å². The van der Waals surface area contributed by atoms with E-state index in [1.165, 1.54) is 0 Å². The average molecular weight is 285 g/mol. The third kappa shape index (κ3) is 4.89. The zero-order chi connectivity index (χ0) is 14.9. The zero-order valence-electron chi connectivity index (χ0n) is 11.7. The Morgan fingerprint density at radius 3 is 2.67 bits per heavy atom. The smallest absolute Gasteiger partial charge is 0.319 e. The summed E-state index contributed by atoms with van der Waals surface area (Å²) >= 11 is 0. The van der Waals surface area contributed by atoms with Crippen LogP contribution in [0.15, 0.2) is 54.9 Å². The number of hydrogen-bond acceptors (Lipinski definition) is 3. The van der Waals surface area contributed by atoms with Gasteiger partial charge < -0.3 is 15.7 Å². The molecule has 21 heavy (non-hydrogen) atoms. The molecular weight excluding hydrogens is 266 g/mol. The summed E-state index contributed by atoms with van der Waals surface area (Å²) in [6.45, 7) is 0.106. The fourth-order valence-electron chi connectivity index (χ4n) is 2.07. The van der Waals surface area contributed by atoms with Crippen molar-refractivity contribution < 1.29 is 9.90 Å². The molecule has 0 fully saturated rings. The number of aromatic nitrogens is 1. The van der Waals surface area contributed by atoms with Crippen molar-refractivity contribution in [2.24, 2.45) is 0 Å². The van der Waals surface area contributed by atoms with Crippen molar-refractivity contribution in [2.45, 2.75) is 18.9 Å².